The van der Waals surface area contributed by atoms with Crippen LogP contribution in [0.5, 0.6) is 0 Å². The van der Waals surface area contributed by atoms with Crippen LogP contribution in [0.25, 0.3) is 0 Å². The van der Waals surface area contributed by atoms with E-state index in [4.69, 9.17) is 23.2 Å². The maximum Gasteiger partial charge on any atom is 0.289 e. The Kier molecular flexibility index (Phi) is 4.47. The van der Waals surface area contributed by atoms with Crippen LogP contribution in [-0.4, -0.2) is 4.92 Å². The molecule has 0 aliphatic rings. The highest BCUT2D eigenvalue weighted by Crippen LogP contribution is 2.27. The highest BCUT2D eigenvalue weighted by Gasteiger charge is 2.12. The Morgan fingerprint density at radius 1 is 1.15 bits per heavy atom. The average molecular weight is 311 g/mol. The summed E-state index contributed by atoms with van der Waals surface area (Å²) in [6.07, 6.45) is 0. The molecule has 0 spiro atoms. The number of halogens is 2. The Labute approximate surface area is 126 Å². The molecule has 0 aromatic heterocycles. The van der Waals surface area contributed by atoms with Gasteiger partial charge in [-0.15, -0.1) is 0 Å². The maximum absolute atomic E-state index is 10.8. The number of nitrogens with one attached hydrogen (secondary N) is 1. The van der Waals surface area contributed by atoms with Crippen LogP contribution in [0.2, 0.25) is 10.0 Å². The van der Waals surface area contributed by atoms with Crippen LogP contribution in [0.4, 0.5) is 11.4 Å². The Hall–Kier alpha value is -1.78. The SMILES string of the molecule is Cc1ccc(CNc2ccc(Cl)c([N+](=O)[O-])c2)cc1Cl. The highest BCUT2D eigenvalue weighted by molar-refractivity contribution is 6.32. The van der Waals surface area contributed by atoms with Crippen LogP contribution in [0.1, 0.15) is 11.1 Å². The molecule has 2 aromatic rings. The summed E-state index contributed by atoms with van der Waals surface area (Å²) in [5.74, 6) is 0. The Balaban J connectivity index is 2.12. The number of nitro groups is 1. The molecule has 0 amide bonds. The number of aryl methyl sites for hydroxylation is 1. The molecule has 104 valence electrons. The molecular formula is C14H12Cl2N2O2. The second kappa shape index (κ2) is 6.11. The molecule has 6 heteroatoms. The van der Waals surface area contributed by atoms with Crippen molar-refractivity contribution in [2.75, 3.05) is 5.32 Å². The topological polar surface area (TPSA) is 55.2 Å². The summed E-state index contributed by atoms with van der Waals surface area (Å²) in [7, 11) is 0. The Morgan fingerprint density at radius 2 is 1.90 bits per heavy atom. The van der Waals surface area contributed by atoms with Gasteiger partial charge < -0.3 is 5.32 Å². The van der Waals surface area contributed by atoms with Gasteiger partial charge in [0, 0.05) is 23.3 Å². The van der Waals surface area contributed by atoms with Crippen LogP contribution in [0.3, 0.4) is 0 Å². The third kappa shape index (κ3) is 3.40. The molecule has 0 aliphatic carbocycles. The van der Waals surface area contributed by atoms with Crippen molar-refractivity contribution in [3.63, 3.8) is 0 Å². The van der Waals surface area contributed by atoms with E-state index in [-0.39, 0.29) is 10.7 Å². The molecule has 2 rings (SSSR count). The molecule has 0 atom stereocenters. The van der Waals surface area contributed by atoms with Crippen molar-refractivity contribution < 1.29 is 4.92 Å². The summed E-state index contributed by atoms with van der Waals surface area (Å²) < 4.78 is 0. The number of hydrogen-bond acceptors (Lipinski definition) is 3. The van der Waals surface area contributed by atoms with Crippen molar-refractivity contribution in [3.8, 4) is 0 Å². The first-order chi connectivity index (χ1) is 9.47. The number of rotatable bonds is 4. The van der Waals surface area contributed by atoms with Gasteiger partial charge in [0.2, 0.25) is 0 Å². The van der Waals surface area contributed by atoms with Crippen molar-refractivity contribution in [1.29, 1.82) is 0 Å². The zero-order valence-corrected chi connectivity index (χ0v) is 12.2. The van der Waals surface area contributed by atoms with E-state index >= 15 is 0 Å². The molecule has 0 saturated carbocycles. The molecule has 0 radical (unpaired) electrons. The van der Waals surface area contributed by atoms with Crippen molar-refractivity contribution in [2.45, 2.75) is 13.5 Å². The average Bonchev–Trinajstić information content (AvgIpc) is 2.41. The molecule has 20 heavy (non-hydrogen) atoms. The third-order valence-corrected chi connectivity index (χ3v) is 3.60. The minimum atomic E-state index is -0.504. The molecule has 0 bridgehead atoms. The molecule has 4 nitrogen and oxygen atoms in total. The molecule has 0 fully saturated rings. The smallest absolute Gasteiger partial charge is 0.289 e. The standard InChI is InChI=1S/C14H12Cl2N2O2/c1-9-2-3-10(6-13(9)16)8-17-11-4-5-12(15)14(7-11)18(19)20/h2-7,17H,8H2,1H3. The minimum Gasteiger partial charge on any atom is -0.381 e. The van der Waals surface area contributed by atoms with E-state index in [1.54, 1.807) is 6.07 Å². The zero-order chi connectivity index (χ0) is 14.7. The van der Waals surface area contributed by atoms with Gasteiger partial charge in [0.15, 0.2) is 0 Å². The largest absolute Gasteiger partial charge is 0.381 e. The Morgan fingerprint density at radius 3 is 2.55 bits per heavy atom. The van der Waals surface area contributed by atoms with Gasteiger partial charge in [-0.2, -0.15) is 0 Å². The zero-order valence-electron chi connectivity index (χ0n) is 10.7. The van der Waals surface area contributed by atoms with Gasteiger partial charge in [-0.25, -0.2) is 0 Å². The number of nitrogens with zero attached hydrogens (tertiary/aromatic N) is 1. The lowest BCUT2D eigenvalue weighted by atomic mass is 10.1. The van der Waals surface area contributed by atoms with Crippen molar-refractivity contribution in [2.24, 2.45) is 0 Å². The number of nitro benzene ring substituents is 1. The van der Waals surface area contributed by atoms with Gasteiger partial charge >= 0.3 is 0 Å². The molecule has 0 aliphatic heterocycles. The fraction of sp³-hybridized carbons (Fsp3) is 0.143. The summed E-state index contributed by atoms with van der Waals surface area (Å²) in [4.78, 5) is 10.3. The lowest BCUT2D eigenvalue weighted by Crippen LogP contribution is -2.00. The summed E-state index contributed by atoms with van der Waals surface area (Å²) in [5, 5.41) is 14.7. The quantitative estimate of drug-likeness (QED) is 0.650. The summed E-state index contributed by atoms with van der Waals surface area (Å²) in [6, 6.07) is 10.4. The van der Waals surface area contributed by atoms with Crippen LogP contribution in [-0.2, 0) is 6.54 Å². The van der Waals surface area contributed by atoms with Crippen LogP contribution in [0, 0.1) is 17.0 Å². The first kappa shape index (κ1) is 14.6. The first-order valence-corrected chi connectivity index (χ1v) is 6.66. The summed E-state index contributed by atoms with van der Waals surface area (Å²) in [6.45, 7) is 2.46. The monoisotopic (exact) mass is 310 g/mol. The van der Waals surface area contributed by atoms with E-state index in [0.717, 1.165) is 11.1 Å². The molecular weight excluding hydrogens is 299 g/mol. The predicted molar refractivity (Wildman–Crippen MR) is 81.6 cm³/mol. The van der Waals surface area contributed by atoms with E-state index in [9.17, 15) is 10.1 Å². The second-order valence-corrected chi connectivity index (χ2v) is 5.17. The molecule has 0 heterocycles. The molecule has 0 unspecified atom stereocenters. The van der Waals surface area contributed by atoms with Crippen molar-refractivity contribution in [1.82, 2.24) is 0 Å². The van der Waals surface area contributed by atoms with Crippen LogP contribution >= 0.6 is 23.2 Å². The van der Waals surface area contributed by atoms with Gasteiger partial charge in [0.1, 0.15) is 5.02 Å². The highest BCUT2D eigenvalue weighted by atomic mass is 35.5. The molecule has 0 saturated heterocycles. The van der Waals surface area contributed by atoms with Gasteiger partial charge in [0.05, 0.1) is 4.92 Å². The van der Waals surface area contributed by atoms with E-state index in [0.29, 0.717) is 17.3 Å². The number of benzene rings is 2. The van der Waals surface area contributed by atoms with Gasteiger partial charge in [-0.1, -0.05) is 35.3 Å². The fourth-order valence-corrected chi connectivity index (χ4v) is 2.10. The lowest BCUT2D eigenvalue weighted by molar-refractivity contribution is -0.384. The fourth-order valence-electron chi connectivity index (χ4n) is 1.71. The van der Waals surface area contributed by atoms with E-state index < -0.39 is 4.92 Å². The first-order valence-electron chi connectivity index (χ1n) is 5.90. The molecule has 1 N–H and O–H groups in total. The van der Waals surface area contributed by atoms with E-state index in [2.05, 4.69) is 5.32 Å². The Bertz CT molecular complexity index is 660. The number of hydrogen-bond donors (Lipinski definition) is 1. The van der Waals surface area contributed by atoms with Gasteiger partial charge in [0.25, 0.3) is 5.69 Å². The third-order valence-electron chi connectivity index (χ3n) is 2.88. The van der Waals surface area contributed by atoms with Gasteiger partial charge in [-0.05, 0) is 36.2 Å². The van der Waals surface area contributed by atoms with Crippen molar-refractivity contribution in [3.05, 3.63) is 67.7 Å². The van der Waals surface area contributed by atoms with E-state index in [1.165, 1.54) is 12.1 Å². The number of anilines is 1. The van der Waals surface area contributed by atoms with Crippen LogP contribution in [0.15, 0.2) is 36.4 Å². The van der Waals surface area contributed by atoms with E-state index in [1.807, 2.05) is 25.1 Å². The minimum absolute atomic E-state index is 0.112. The van der Waals surface area contributed by atoms with Crippen molar-refractivity contribution >= 4 is 34.6 Å². The second-order valence-electron chi connectivity index (χ2n) is 4.36. The maximum atomic E-state index is 10.8. The normalized spacial score (nSPS) is 10.3. The summed E-state index contributed by atoms with van der Waals surface area (Å²) >= 11 is 11.8. The summed E-state index contributed by atoms with van der Waals surface area (Å²) in [5.41, 5.74) is 2.53. The van der Waals surface area contributed by atoms with Gasteiger partial charge in [-0.3, -0.25) is 10.1 Å². The van der Waals surface area contributed by atoms with Crippen LogP contribution < -0.4 is 5.32 Å². The lowest BCUT2D eigenvalue weighted by Gasteiger charge is -2.08. The predicted octanol–water partition coefficient (Wildman–Crippen LogP) is 4.82. The molecule has 2 aromatic carbocycles.